The first kappa shape index (κ1) is 28.9. The van der Waals surface area contributed by atoms with Crippen molar-refractivity contribution >= 4 is 22.6 Å². The van der Waals surface area contributed by atoms with Gasteiger partial charge in [-0.2, -0.15) is 18.3 Å². The number of rotatable bonds is 12. The summed E-state index contributed by atoms with van der Waals surface area (Å²) in [5.74, 6) is 0.917. The zero-order valence-corrected chi connectivity index (χ0v) is 22.8. The smallest absolute Gasteiger partial charge is 0.422 e. The number of fused-ring (bicyclic) bond motifs is 1. The molecule has 1 aliphatic rings. The van der Waals surface area contributed by atoms with E-state index in [1.807, 2.05) is 0 Å². The number of carbonyl (C=O) groups excluding carboxylic acids is 1. The van der Waals surface area contributed by atoms with Crippen LogP contribution < -0.4 is 24.3 Å². The highest BCUT2D eigenvalue weighted by molar-refractivity contribution is 6.04. The summed E-state index contributed by atoms with van der Waals surface area (Å²) >= 11 is 0. The second-order valence-corrected chi connectivity index (χ2v) is 9.40. The Labute approximate surface area is 238 Å². The molecule has 0 unspecified atom stereocenters. The zero-order chi connectivity index (χ0) is 29.7. The van der Waals surface area contributed by atoms with E-state index >= 15 is 0 Å². The molecule has 1 amide bonds. The van der Waals surface area contributed by atoms with Gasteiger partial charge in [-0.05, 0) is 43.5 Å². The predicted molar refractivity (Wildman–Crippen MR) is 144 cm³/mol. The van der Waals surface area contributed by atoms with Gasteiger partial charge >= 0.3 is 6.18 Å². The summed E-state index contributed by atoms with van der Waals surface area (Å²) in [6.45, 7) is -1.01. The number of carbonyl (C=O) groups is 1. The van der Waals surface area contributed by atoms with Crippen LogP contribution in [-0.4, -0.2) is 65.4 Å². The third kappa shape index (κ3) is 7.00. The molecular formula is C28H28F3N5O6. The lowest BCUT2D eigenvalue weighted by Gasteiger charge is -2.25. The predicted octanol–water partition coefficient (Wildman–Crippen LogP) is 5.40. The molecular weight excluding hydrogens is 559 g/mol. The second-order valence-electron chi connectivity index (χ2n) is 9.40. The van der Waals surface area contributed by atoms with Crippen LogP contribution >= 0.6 is 0 Å². The highest BCUT2D eigenvalue weighted by Gasteiger charge is 2.30. The molecule has 1 saturated carbocycles. The summed E-state index contributed by atoms with van der Waals surface area (Å²) in [6, 6.07) is 8.22. The molecule has 1 N–H and O–H groups in total. The first-order valence-electron chi connectivity index (χ1n) is 13.1. The summed E-state index contributed by atoms with van der Waals surface area (Å²) in [6.07, 6.45) is 2.89. The lowest BCUT2D eigenvalue weighted by atomic mass is 9.96. The summed E-state index contributed by atoms with van der Waals surface area (Å²) in [4.78, 5) is 21.5. The Bertz CT molecular complexity index is 1540. The lowest BCUT2D eigenvalue weighted by Crippen LogP contribution is -2.23. The molecule has 1 aliphatic carbocycles. The Hall–Kier alpha value is -4.59. The minimum Gasteiger partial charge on any atom is -0.493 e. The van der Waals surface area contributed by atoms with Crippen LogP contribution in [0.3, 0.4) is 0 Å². The Balaban J connectivity index is 1.28. The van der Waals surface area contributed by atoms with Gasteiger partial charge in [-0.1, -0.05) is 0 Å². The molecule has 5 rings (SSSR count). The fraction of sp³-hybridized carbons (Fsp3) is 0.357. The summed E-state index contributed by atoms with van der Waals surface area (Å²) in [5.41, 5.74) is 0.317. The number of amides is 1. The zero-order valence-electron chi connectivity index (χ0n) is 22.8. The van der Waals surface area contributed by atoms with Crippen molar-refractivity contribution in [3.63, 3.8) is 0 Å². The molecule has 0 aliphatic heterocycles. The van der Waals surface area contributed by atoms with Crippen molar-refractivity contribution in [2.75, 3.05) is 32.8 Å². The molecule has 4 aromatic rings. The van der Waals surface area contributed by atoms with Gasteiger partial charge in [0.25, 0.3) is 5.91 Å². The van der Waals surface area contributed by atoms with E-state index in [0.29, 0.717) is 40.5 Å². The molecule has 3 aromatic heterocycles. The molecule has 42 heavy (non-hydrogen) atoms. The number of nitrogens with zero attached hydrogens (tertiary/aromatic N) is 4. The van der Waals surface area contributed by atoms with Crippen LogP contribution in [0.1, 0.15) is 29.8 Å². The van der Waals surface area contributed by atoms with Gasteiger partial charge in [0.2, 0.25) is 0 Å². The van der Waals surface area contributed by atoms with E-state index in [1.54, 1.807) is 30.5 Å². The first-order valence-corrected chi connectivity index (χ1v) is 13.1. The molecule has 0 bridgehead atoms. The number of alkyl halides is 3. The Morgan fingerprint density at radius 1 is 1.05 bits per heavy atom. The van der Waals surface area contributed by atoms with E-state index in [-0.39, 0.29) is 29.9 Å². The minimum atomic E-state index is -4.59. The van der Waals surface area contributed by atoms with Gasteiger partial charge in [0.1, 0.15) is 17.3 Å². The molecule has 0 spiro atoms. The summed E-state index contributed by atoms with van der Waals surface area (Å²) < 4.78 is 67.0. The van der Waals surface area contributed by atoms with Crippen LogP contribution in [0.25, 0.3) is 10.9 Å². The van der Waals surface area contributed by atoms with Crippen molar-refractivity contribution < 1.29 is 41.7 Å². The van der Waals surface area contributed by atoms with Crippen LogP contribution in [0.15, 0.2) is 48.9 Å². The Kier molecular flexibility index (Phi) is 8.61. The van der Waals surface area contributed by atoms with E-state index in [0.717, 1.165) is 19.3 Å². The van der Waals surface area contributed by atoms with E-state index in [2.05, 4.69) is 20.4 Å². The van der Waals surface area contributed by atoms with E-state index in [4.69, 9.17) is 23.7 Å². The van der Waals surface area contributed by atoms with Crippen LogP contribution in [0.5, 0.6) is 28.7 Å². The summed E-state index contributed by atoms with van der Waals surface area (Å²) in [7, 11) is 3.06. The monoisotopic (exact) mass is 587 g/mol. The number of halogens is 3. The molecule has 0 saturated heterocycles. The molecule has 1 aromatic carbocycles. The molecule has 3 heterocycles. The van der Waals surface area contributed by atoms with Crippen LogP contribution in [0.2, 0.25) is 0 Å². The number of pyridine rings is 2. The fourth-order valence-corrected chi connectivity index (χ4v) is 4.14. The number of anilines is 1. The number of benzene rings is 1. The van der Waals surface area contributed by atoms with Gasteiger partial charge in [-0.3, -0.25) is 14.5 Å². The van der Waals surface area contributed by atoms with Crippen molar-refractivity contribution in [1.82, 2.24) is 19.7 Å². The van der Waals surface area contributed by atoms with Crippen LogP contribution in [0, 0.1) is 0 Å². The van der Waals surface area contributed by atoms with E-state index in [9.17, 15) is 18.0 Å². The topological polar surface area (TPSA) is 119 Å². The van der Waals surface area contributed by atoms with Crippen molar-refractivity contribution in [3.05, 3.63) is 54.6 Å². The normalized spacial score (nSPS) is 13.5. The number of ether oxygens (including phenoxy) is 5. The Morgan fingerprint density at radius 2 is 1.83 bits per heavy atom. The molecule has 11 nitrogen and oxygen atoms in total. The number of methoxy groups -OCH3 is 2. The van der Waals surface area contributed by atoms with Gasteiger partial charge in [0, 0.05) is 17.6 Å². The molecule has 0 atom stereocenters. The van der Waals surface area contributed by atoms with Crippen LogP contribution in [0.4, 0.5) is 19.0 Å². The third-order valence-electron chi connectivity index (χ3n) is 6.47. The van der Waals surface area contributed by atoms with Crippen LogP contribution in [-0.2, 0) is 11.3 Å². The maximum Gasteiger partial charge on any atom is 0.422 e. The average Bonchev–Trinajstić information content (AvgIpc) is 3.36. The highest BCUT2D eigenvalue weighted by Crippen LogP contribution is 2.37. The van der Waals surface area contributed by atoms with Gasteiger partial charge < -0.3 is 29.0 Å². The quantitative estimate of drug-likeness (QED) is 0.232. The van der Waals surface area contributed by atoms with Gasteiger partial charge in [0.05, 0.1) is 51.4 Å². The van der Waals surface area contributed by atoms with Crippen molar-refractivity contribution in [3.8, 4) is 28.7 Å². The van der Waals surface area contributed by atoms with E-state index in [1.165, 1.54) is 37.4 Å². The lowest BCUT2D eigenvalue weighted by molar-refractivity contribution is -0.153. The second kappa shape index (κ2) is 12.5. The van der Waals surface area contributed by atoms with Gasteiger partial charge in [-0.25, -0.2) is 4.98 Å². The molecule has 222 valence electrons. The van der Waals surface area contributed by atoms with E-state index < -0.39 is 18.7 Å². The molecule has 1 fully saturated rings. The molecule has 14 heteroatoms. The number of hydrogen-bond acceptors (Lipinski definition) is 9. The fourth-order valence-electron chi connectivity index (χ4n) is 4.14. The maximum atomic E-state index is 13.0. The van der Waals surface area contributed by atoms with Crippen molar-refractivity contribution in [1.29, 1.82) is 0 Å². The SMILES string of the molecule is COc1cc2nccc(Oc3ccc(NC(=O)c4nn(CCOC5CCC5)cc4OCC(F)(F)F)nc3)c2cc1OC. The van der Waals surface area contributed by atoms with Crippen molar-refractivity contribution in [2.45, 2.75) is 38.1 Å². The number of aromatic nitrogens is 4. The van der Waals surface area contributed by atoms with Gasteiger partial charge in [-0.15, -0.1) is 0 Å². The third-order valence-corrected chi connectivity index (χ3v) is 6.47. The van der Waals surface area contributed by atoms with Gasteiger partial charge in [0.15, 0.2) is 29.5 Å². The number of hydrogen-bond donors (Lipinski definition) is 1. The minimum absolute atomic E-state index is 0.128. The largest absolute Gasteiger partial charge is 0.493 e. The first-order chi connectivity index (χ1) is 20.2. The van der Waals surface area contributed by atoms with Crippen molar-refractivity contribution in [2.24, 2.45) is 0 Å². The Morgan fingerprint density at radius 3 is 2.50 bits per heavy atom. The standard InChI is InChI=1S/C28H28F3N5O6/c1-38-22-12-19-20(13-23(22)39-2)32-9-8-21(19)42-18-6-7-25(33-14-18)34-27(37)26-24(41-16-28(29,30)31)15-36(35-26)10-11-40-17-4-3-5-17/h6-9,12-15,17H,3-5,10-11,16H2,1-2H3,(H,33,34,37). The highest BCUT2D eigenvalue weighted by atomic mass is 19.4. The number of nitrogens with one attached hydrogen (secondary N) is 1. The maximum absolute atomic E-state index is 13.0. The summed E-state index contributed by atoms with van der Waals surface area (Å²) in [5, 5.41) is 7.34. The molecule has 0 radical (unpaired) electrons. The average molecular weight is 588 g/mol.